The second-order valence-corrected chi connectivity index (χ2v) is 6.40. The number of ether oxygens (including phenoxy) is 1. The molecule has 0 unspecified atom stereocenters. The van der Waals surface area contributed by atoms with Gasteiger partial charge in [-0.15, -0.1) is 0 Å². The van der Waals surface area contributed by atoms with Gasteiger partial charge in [-0.05, 0) is 12.1 Å². The fourth-order valence-corrected chi connectivity index (χ4v) is 2.96. The number of benzene rings is 1. The summed E-state index contributed by atoms with van der Waals surface area (Å²) in [5, 5.41) is 3.08. The molecule has 0 spiro atoms. The number of hydrogen-bond donors (Lipinski definition) is 1. The zero-order valence-corrected chi connectivity index (χ0v) is 15.2. The Bertz CT molecular complexity index is 609. The van der Waals surface area contributed by atoms with Crippen molar-refractivity contribution in [2.75, 3.05) is 40.4 Å². The molecule has 138 valence electrons. The van der Waals surface area contributed by atoms with Gasteiger partial charge in [0.05, 0.1) is 19.1 Å². The van der Waals surface area contributed by atoms with Gasteiger partial charge in [0, 0.05) is 50.9 Å². The Kier molecular flexibility index (Phi) is 7.16. The molecule has 0 aliphatic carbocycles. The zero-order chi connectivity index (χ0) is 18.4. The molecule has 0 radical (unpaired) electrons. The molecule has 1 aromatic carbocycles. The maximum atomic E-state index is 14.1. The topological polar surface area (TPSA) is 61.9 Å². The van der Waals surface area contributed by atoms with E-state index in [1.54, 1.807) is 25.1 Å². The number of methoxy groups -OCH3 is 1. The molecule has 1 fully saturated rings. The summed E-state index contributed by atoms with van der Waals surface area (Å²) < 4.78 is 19.0. The number of piperazine rings is 1. The summed E-state index contributed by atoms with van der Waals surface area (Å²) >= 11 is 6.09. The Balaban J connectivity index is 2.10. The maximum Gasteiger partial charge on any atom is 0.237 e. The van der Waals surface area contributed by atoms with Crippen LogP contribution in [0.1, 0.15) is 12.0 Å². The number of amides is 2. The van der Waals surface area contributed by atoms with Crippen LogP contribution in [0.3, 0.4) is 0 Å². The molecule has 0 aromatic heterocycles. The predicted molar refractivity (Wildman–Crippen MR) is 92.7 cm³/mol. The molecule has 1 N–H and O–H groups in total. The van der Waals surface area contributed by atoms with Crippen LogP contribution in [0.15, 0.2) is 18.2 Å². The van der Waals surface area contributed by atoms with Crippen molar-refractivity contribution in [1.82, 2.24) is 15.1 Å². The summed E-state index contributed by atoms with van der Waals surface area (Å²) in [5.41, 5.74) is 0.337. The van der Waals surface area contributed by atoms with Crippen LogP contribution in [0.4, 0.5) is 4.39 Å². The highest BCUT2D eigenvalue weighted by atomic mass is 35.5. The molecule has 1 aromatic rings. The first-order chi connectivity index (χ1) is 11.9. The summed E-state index contributed by atoms with van der Waals surface area (Å²) in [6, 6.07) is 3.84. The van der Waals surface area contributed by atoms with Crippen molar-refractivity contribution in [3.05, 3.63) is 34.6 Å². The third kappa shape index (κ3) is 5.14. The van der Waals surface area contributed by atoms with Crippen LogP contribution in [0.25, 0.3) is 0 Å². The van der Waals surface area contributed by atoms with Gasteiger partial charge in [0.2, 0.25) is 11.8 Å². The van der Waals surface area contributed by atoms with Crippen LogP contribution in [-0.4, -0.2) is 68.1 Å². The molecule has 25 heavy (non-hydrogen) atoms. The van der Waals surface area contributed by atoms with E-state index >= 15 is 0 Å². The Labute approximate surface area is 151 Å². The summed E-state index contributed by atoms with van der Waals surface area (Å²) in [4.78, 5) is 27.9. The van der Waals surface area contributed by atoms with Crippen LogP contribution in [0.2, 0.25) is 5.02 Å². The first-order valence-electron chi connectivity index (χ1n) is 8.11. The lowest BCUT2D eigenvalue weighted by Gasteiger charge is -2.35. The summed E-state index contributed by atoms with van der Waals surface area (Å²) in [5.74, 6) is -0.809. The molecule has 1 aliphatic rings. The van der Waals surface area contributed by atoms with Gasteiger partial charge in [0.25, 0.3) is 0 Å². The number of halogens is 2. The van der Waals surface area contributed by atoms with Crippen molar-refractivity contribution in [3.8, 4) is 0 Å². The summed E-state index contributed by atoms with van der Waals surface area (Å²) in [6.07, 6.45) is 0.0259. The standard InChI is InChI=1S/C17H23ClFN3O3/c1-21(8-9-25-2)16(23)10-15-17(24)20-6-7-22(15)11-12-13(18)4-3-5-14(12)19/h3-5,15H,6-11H2,1-2H3,(H,20,24)/t15-/m1/s1. The maximum absolute atomic E-state index is 14.1. The fourth-order valence-electron chi connectivity index (χ4n) is 2.73. The van der Waals surface area contributed by atoms with Crippen LogP contribution < -0.4 is 5.32 Å². The van der Waals surface area contributed by atoms with E-state index in [1.807, 2.05) is 0 Å². The highest BCUT2D eigenvalue weighted by molar-refractivity contribution is 6.31. The van der Waals surface area contributed by atoms with Crippen LogP contribution in [0.5, 0.6) is 0 Å². The summed E-state index contributed by atoms with van der Waals surface area (Å²) in [7, 11) is 3.23. The third-order valence-electron chi connectivity index (χ3n) is 4.29. The van der Waals surface area contributed by atoms with E-state index in [0.717, 1.165) is 0 Å². The zero-order valence-electron chi connectivity index (χ0n) is 14.4. The number of likely N-dealkylation sites (N-methyl/N-ethyl adjacent to an activating group) is 1. The number of rotatable bonds is 7. The second kappa shape index (κ2) is 9.12. The Morgan fingerprint density at radius 1 is 1.52 bits per heavy atom. The predicted octanol–water partition coefficient (Wildman–Crippen LogP) is 1.27. The van der Waals surface area contributed by atoms with E-state index in [-0.39, 0.29) is 24.8 Å². The minimum absolute atomic E-state index is 0.0259. The van der Waals surface area contributed by atoms with Crippen LogP contribution in [0, 0.1) is 5.82 Å². The monoisotopic (exact) mass is 371 g/mol. The van der Waals surface area contributed by atoms with E-state index in [9.17, 15) is 14.0 Å². The molecule has 2 amide bonds. The van der Waals surface area contributed by atoms with Crippen molar-refractivity contribution >= 4 is 23.4 Å². The minimum atomic E-state index is -0.651. The smallest absolute Gasteiger partial charge is 0.237 e. The second-order valence-electron chi connectivity index (χ2n) is 5.99. The molecule has 8 heteroatoms. The first-order valence-corrected chi connectivity index (χ1v) is 8.49. The third-order valence-corrected chi connectivity index (χ3v) is 4.64. The molecular weight excluding hydrogens is 349 g/mol. The van der Waals surface area contributed by atoms with Crippen molar-refractivity contribution in [1.29, 1.82) is 0 Å². The Morgan fingerprint density at radius 3 is 2.96 bits per heavy atom. The Morgan fingerprint density at radius 2 is 2.28 bits per heavy atom. The van der Waals surface area contributed by atoms with Crippen molar-refractivity contribution in [2.24, 2.45) is 0 Å². The van der Waals surface area contributed by atoms with Gasteiger partial charge < -0.3 is 15.0 Å². The number of nitrogens with zero attached hydrogens (tertiary/aromatic N) is 2. The molecular formula is C17H23ClFN3O3. The Hall–Kier alpha value is -1.70. The molecule has 1 heterocycles. The van der Waals surface area contributed by atoms with Gasteiger partial charge in [0.15, 0.2) is 0 Å². The fraction of sp³-hybridized carbons (Fsp3) is 0.529. The number of hydrogen-bond acceptors (Lipinski definition) is 4. The lowest BCUT2D eigenvalue weighted by molar-refractivity contribution is -0.138. The highest BCUT2D eigenvalue weighted by Crippen LogP contribution is 2.23. The number of carbonyl (C=O) groups excluding carboxylic acids is 2. The van der Waals surface area contributed by atoms with Gasteiger partial charge in [-0.2, -0.15) is 0 Å². The average Bonchev–Trinajstić information content (AvgIpc) is 2.58. The van der Waals surface area contributed by atoms with Gasteiger partial charge in [-0.3, -0.25) is 14.5 Å². The normalized spacial score (nSPS) is 18.1. The van der Waals surface area contributed by atoms with Gasteiger partial charge in [-0.1, -0.05) is 17.7 Å². The van der Waals surface area contributed by atoms with E-state index in [1.165, 1.54) is 17.0 Å². The van der Waals surface area contributed by atoms with Gasteiger partial charge in [0.1, 0.15) is 5.82 Å². The van der Waals surface area contributed by atoms with E-state index < -0.39 is 11.9 Å². The SMILES string of the molecule is COCCN(C)C(=O)C[C@@H]1C(=O)NCCN1Cc1c(F)cccc1Cl. The lowest BCUT2D eigenvalue weighted by Crippen LogP contribution is -2.56. The largest absolute Gasteiger partial charge is 0.383 e. The molecule has 0 bridgehead atoms. The van der Waals surface area contributed by atoms with Crippen molar-refractivity contribution in [2.45, 2.75) is 19.0 Å². The van der Waals surface area contributed by atoms with E-state index in [4.69, 9.17) is 16.3 Å². The quantitative estimate of drug-likeness (QED) is 0.784. The van der Waals surface area contributed by atoms with E-state index in [2.05, 4.69) is 5.32 Å². The molecule has 1 saturated heterocycles. The number of carbonyl (C=O) groups is 2. The molecule has 6 nitrogen and oxygen atoms in total. The number of nitrogens with one attached hydrogen (secondary N) is 1. The van der Waals surface area contributed by atoms with Crippen LogP contribution >= 0.6 is 11.6 Å². The molecule has 1 aliphatic heterocycles. The molecule has 1 atom stereocenters. The van der Waals surface area contributed by atoms with Gasteiger partial charge >= 0.3 is 0 Å². The van der Waals surface area contributed by atoms with Gasteiger partial charge in [-0.25, -0.2) is 4.39 Å². The average molecular weight is 372 g/mol. The molecule has 0 saturated carbocycles. The first kappa shape index (κ1) is 19.6. The van der Waals surface area contributed by atoms with Crippen molar-refractivity contribution in [3.63, 3.8) is 0 Å². The minimum Gasteiger partial charge on any atom is -0.383 e. The summed E-state index contributed by atoms with van der Waals surface area (Å²) in [6.45, 7) is 2.03. The van der Waals surface area contributed by atoms with Crippen molar-refractivity contribution < 1.29 is 18.7 Å². The van der Waals surface area contributed by atoms with E-state index in [0.29, 0.717) is 36.8 Å². The lowest BCUT2D eigenvalue weighted by atomic mass is 10.1. The highest BCUT2D eigenvalue weighted by Gasteiger charge is 2.33. The van der Waals surface area contributed by atoms with Crippen LogP contribution in [-0.2, 0) is 20.9 Å². The molecule has 2 rings (SSSR count).